The Hall–Kier alpha value is -2.87. The van der Waals surface area contributed by atoms with E-state index in [1.54, 1.807) is 12.1 Å². The van der Waals surface area contributed by atoms with Gasteiger partial charge >= 0.3 is 5.97 Å². The summed E-state index contributed by atoms with van der Waals surface area (Å²) in [5.74, 6) is -1.47. The zero-order chi connectivity index (χ0) is 23.6. The maximum atomic E-state index is 12.9. The largest absolute Gasteiger partial charge is 0.480 e. The van der Waals surface area contributed by atoms with E-state index in [1.165, 1.54) is 28.8 Å². The minimum atomic E-state index is -1.09. The first kappa shape index (κ1) is 24.8. The minimum Gasteiger partial charge on any atom is -0.480 e. The number of hydrogen-bond acceptors (Lipinski definition) is 4. The molecule has 1 heterocycles. The molecule has 0 spiro atoms. The van der Waals surface area contributed by atoms with Crippen LogP contribution in [0.15, 0.2) is 54.6 Å². The lowest BCUT2D eigenvalue weighted by molar-refractivity contribution is -0.164. The molecule has 0 aromatic heterocycles. The number of carbonyl (C=O) groups excluding carboxylic acids is 2. The lowest BCUT2D eigenvalue weighted by atomic mass is 10.0. The molecule has 1 aliphatic rings. The molecule has 0 saturated carbocycles. The molecule has 1 saturated heterocycles. The fraction of sp³-hybridized carbons (Fsp3) is 0.400. The lowest BCUT2D eigenvalue weighted by Crippen LogP contribution is -2.63. The van der Waals surface area contributed by atoms with E-state index >= 15 is 0 Å². The number of unbranched alkanes of at least 4 members (excludes halogenated alkanes) is 3. The van der Waals surface area contributed by atoms with Gasteiger partial charge in [0, 0.05) is 12.3 Å². The van der Waals surface area contributed by atoms with Crippen molar-refractivity contribution in [3.63, 3.8) is 0 Å². The van der Waals surface area contributed by atoms with Crippen LogP contribution in [0.1, 0.15) is 43.2 Å². The Bertz CT molecular complexity index is 939. The molecule has 176 valence electrons. The van der Waals surface area contributed by atoms with Crippen LogP contribution in [0, 0.1) is 5.82 Å². The molecule has 1 fully saturated rings. The molecule has 2 aromatic rings. The van der Waals surface area contributed by atoms with Crippen molar-refractivity contribution in [3.05, 3.63) is 71.5 Å². The van der Waals surface area contributed by atoms with E-state index in [4.69, 9.17) is 0 Å². The van der Waals surface area contributed by atoms with Gasteiger partial charge in [-0.25, -0.2) is 9.18 Å². The average molecular weight is 473 g/mol. The van der Waals surface area contributed by atoms with E-state index < -0.39 is 17.4 Å². The van der Waals surface area contributed by atoms with Crippen LogP contribution < -0.4 is 5.32 Å². The molecular formula is C25H29FN2O4S. The van der Waals surface area contributed by atoms with Crippen LogP contribution in [-0.4, -0.2) is 45.8 Å². The van der Waals surface area contributed by atoms with Gasteiger partial charge in [-0.2, -0.15) is 0 Å². The summed E-state index contributed by atoms with van der Waals surface area (Å²) in [5.41, 5.74) is 2.11. The predicted molar refractivity (Wildman–Crippen MR) is 126 cm³/mol. The number of nitrogens with one attached hydrogen (secondary N) is 1. The number of thioether (sulfide) groups is 1. The maximum absolute atomic E-state index is 12.9. The summed E-state index contributed by atoms with van der Waals surface area (Å²) in [4.78, 5) is 37.7. The number of rotatable bonds is 13. The molecule has 8 heteroatoms. The van der Waals surface area contributed by atoms with Crippen LogP contribution in [0.2, 0.25) is 0 Å². The number of aliphatic carboxylic acids is 1. The number of benzene rings is 2. The molecule has 2 atom stereocenters. The van der Waals surface area contributed by atoms with E-state index in [2.05, 4.69) is 5.32 Å². The van der Waals surface area contributed by atoms with Gasteiger partial charge in [0.15, 0.2) is 5.37 Å². The van der Waals surface area contributed by atoms with Crippen LogP contribution in [-0.2, 0) is 26.6 Å². The first-order chi connectivity index (χ1) is 16.0. The van der Waals surface area contributed by atoms with Gasteiger partial charge in [-0.15, -0.1) is 11.8 Å². The zero-order valence-electron chi connectivity index (χ0n) is 18.4. The summed E-state index contributed by atoms with van der Waals surface area (Å²) in [5, 5.41) is 11.4. The molecule has 2 unspecified atom stereocenters. The van der Waals surface area contributed by atoms with Crippen LogP contribution in [0.25, 0.3) is 0 Å². The number of carbonyl (C=O) groups is 3. The molecule has 0 bridgehead atoms. The molecule has 33 heavy (non-hydrogen) atoms. The molecule has 0 radical (unpaired) electrons. The fourth-order valence-corrected chi connectivity index (χ4v) is 4.92. The SMILES string of the molecule is O=C(O)C1CC(=O)N1C(SCc1ccccc1)C(=O)NCCCCCCc1ccc(F)cc1. The van der Waals surface area contributed by atoms with Crippen LogP contribution in [0.3, 0.4) is 0 Å². The van der Waals surface area contributed by atoms with E-state index in [-0.39, 0.29) is 24.1 Å². The second-order valence-corrected chi connectivity index (χ2v) is 9.16. The molecule has 2 aromatic carbocycles. The second kappa shape index (κ2) is 12.4. The highest BCUT2D eigenvalue weighted by Crippen LogP contribution is 2.30. The fourth-order valence-electron chi connectivity index (χ4n) is 3.72. The Morgan fingerprint density at radius 1 is 1.03 bits per heavy atom. The summed E-state index contributed by atoms with van der Waals surface area (Å²) in [6.45, 7) is 0.470. The standard InChI is InChI=1S/C25H29FN2O4S/c26-20-13-11-18(12-14-20)8-4-1-2-7-15-27-23(30)24(28-21(25(31)32)16-22(28)29)33-17-19-9-5-3-6-10-19/h3,5-6,9-14,21,24H,1-2,4,7-8,15-17H2,(H,27,30)(H,31,32). The normalized spacial score (nSPS) is 16.2. The first-order valence-electron chi connectivity index (χ1n) is 11.2. The third-order valence-electron chi connectivity index (χ3n) is 5.61. The Morgan fingerprint density at radius 2 is 1.73 bits per heavy atom. The van der Waals surface area contributed by atoms with Gasteiger partial charge in [0.1, 0.15) is 11.9 Å². The topological polar surface area (TPSA) is 86.7 Å². The highest BCUT2D eigenvalue weighted by molar-refractivity contribution is 7.99. The van der Waals surface area contributed by atoms with Crippen molar-refractivity contribution >= 4 is 29.5 Å². The number of amides is 2. The average Bonchev–Trinajstić information content (AvgIpc) is 2.80. The van der Waals surface area contributed by atoms with Gasteiger partial charge in [0.05, 0.1) is 6.42 Å². The van der Waals surface area contributed by atoms with Crippen molar-refractivity contribution in [2.24, 2.45) is 0 Å². The summed E-state index contributed by atoms with van der Waals surface area (Å²) in [6.07, 6.45) is 4.52. The molecule has 1 aliphatic heterocycles. The third-order valence-corrected chi connectivity index (χ3v) is 6.87. The van der Waals surface area contributed by atoms with Gasteiger partial charge in [-0.05, 0) is 42.5 Å². The Labute approximate surface area is 197 Å². The van der Waals surface area contributed by atoms with Crippen LogP contribution >= 0.6 is 11.8 Å². The Balaban J connectivity index is 1.44. The second-order valence-electron chi connectivity index (χ2n) is 8.09. The Kier molecular flexibility index (Phi) is 9.30. The number of β-lactam (4-membered cyclic amide) rings is 1. The van der Waals surface area contributed by atoms with Gasteiger partial charge in [-0.1, -0.05) is 55.3 Å². The summed E-state index contributed by atoms with van der Waals surface area (Å²) in [7, 11) is 0. The number of halogens is 1. The number of aryl methyl sites for hydroxylation is 1. The molecule has 2 N–H and O–H groups in total. The number of hydrogen-bond donors (Lipinski definition) is 2. The highest BCUT2D eigenvalue weighted by atomic mass is 32.2. The maximum Gasteiger partial charge on any atom is 0.327 e. The smallest absolute Gasteiger partial charge is 0.327 e. The Morgan fingerprint density at radius 3 is 2.39 bits per heavy atom. The first-order valence-corrected chi connectivity index (χ1v) is 12.2. The summed E-state index contributed by atoms with van der Waals surface area (Å²) >= 11 is 1.27. The minimum absolute atomic E-state index is 0.0704. The quantitative estimate of drug-likeness (QED) is 0.340. The van der Waals surface area contributed by atoms with Gasteiger partial charge < -0.3 is 15.3 Å². The van der Waals surface area contributed by atoms with Crippen molar-refractivity contribution in [1.29, 1.82) is 0 Å². The van der Waals surface area contributed by atoms with E-state index in [0.29, 0.717) is 12.3 Å². The molecule has 3 rings (SSSR count). The molecular weight excluding hydrogens is 443 g/mol. The van der Waals surface area contributed by atoms with Crippen molar-refractivity contribution in [2.75, 3.05) is 6.54 Å². The predicted octanol–water partition coefficient (Wildman–Crippen LogP) is 3.99. The van der Waals surface area contributed by atoms with Gasteiger partial charge in [0.25, 0.3) is 5.91 Å². The number of likely N-dealkylation sites (tertiary alicyclic amines) is 1. The molecule has 6 nitrogen and oxygen atoms in total. The van der Waals surface area contributed by atoms with Crippen LogP contribution in [0.4, 0.5) is 4.39 Å². The third kappa shape index (κ3) is 7.32. The zero-order valence-corrected chi connectivity index (χ0v) is 19.2. The highest BCUT2D eigenvalue weighted by Gasteiger charge is 2.47. The van der Waals surface area contributed by atoms with E-state index in [1.807, 2.05) is 30.3 Å². The van der Waals surface area contributed by atoms with Gasteiger partial charge in [0.2, 0.25) is 5.91 Å². The van der Waals surface area contributed by atoms with Gasteiger partial charge in [-0.3, -0.25) is 9.59 Å². The molecule has 2 amide bonds. The summed E-state index contributed by atoms with van der Waals surface area (Å²) in [6, 6.07) is 15.1. The van der Waals surface area contributed by atoms with Crippen molar-refractivity contribution < 1.29 is 23.9 Å². The van der Waals surface area contributed by atoms with Crippen LogP contribution in [0.5, 0.6) is 0 Å². The molecule has 0 aliphatic carbocycles. The number of nitrogens with zero attached hydrogens (tertiary/aromatic N) is 1. The van der Waals surface area contributed by atoms with Crippen molar-refractivity contribution in [3.8, 4) is 0 Å². The lowest BCUT2D eigenvalue weighted by Gasteiger charge is -2.42. The van der Waals surface area contributed by atoms with Crippen molar-refractivity contribution in [1.82, 2.24) is 10.2 Å². The number of carboxylic acids is 1. The van der Waals surface area contributed by atoms with E-state index in [9.17, 15) is 23.9 Å². The number of carboxylic acid groups (broad SMARTS) is 1. The van der Waals surface area contributed by atoms with E-state index in [0.717, 1.165) is 43.2 Å². The van der Waals surface area contributed by atoms with Crippen molar-refractivity contribution in [2.45, 2.75) is 55.7 Å². The summed E-state index contributed by atoms with van der Waals surface area (Å²) < 4.78 is 12.9. The monoisotopic (exact) mass is 472 g/mol.